The van der Waals surface area contributed by atoms with E-state index in [-0.39, 0.29) is 12.5 Å². The molecule has 2 amide bonds. The molecule has 148 valence electrons. The molecule has 0 spiro atoms. The number of carbonyl (C=O) groups excluding carboxylic acids is 2. The first kappa shape index (κ1) is 19.4. The van der Waals surface area contributed by atoms with Crippen molar-refractivity contribution in [1.82, 2.24) is 19.8 Å². The maximum Gasteiger partial charge on any atom is 0.405 e. The van der Waals surface area contributed by atoms with Gasteiger partial charge in [-0.2, -0.15) is 13.2 Å². The van der Waals surface area contributed by atoms with Gasteiger partial charge in [-0.15, -0.1) is 0 Å². The van der Waals surface area contributed by atoms with E-state index in [1.165, 1.54) is 17.1 Å². The summed E-state index contributed by atoms with van der Waals surface area (Å²) in [5.74, 6) is -0.865. The summed E-state index contributed by atoms with van der Waals surface area (Å²) in [6.07, 6.45) is 6.31. The van der Waals surface area contributed by atoms with Crippen LogP contribution >= 0.6 is 0 Å². The van der Waals surface area contributed by atoms with Crippen LogP contribution in [0.1, 0.15) is 38.5 Å². The lowest BCUT2D eigenvalue weighted by atomic mass is 9.86. The van der Waals surface area contributed by atoms with E-state index in [1.54, 1.807) is 11.1 Å². The molecule has 0 radical (unpaired) electrons. The second-order valence-corrected chi connectivity index (χ2v) is 7.10. The summed E-state index contributed by atoms with van der Waals surface area (Å²) >= 11 is 0. The molecule has 1 aliphatic carbocycles. The van der Waals surface area contributed by atoms with Crippen molar-refractivity contribution >= 4 is 11.8 Å². The highest BCUT2D eigenvalue weighted by Crippen LogP contribution is 2.31. The van der Waals surface area contributed by atoms with Gasteiger partial charge in [-0.1, -0.05) is 6.08 Å². The molecule has 1 atom stereocenters. The minimum absolute atomic E-state index is 0.0310. The van der Waals surface area contributed by atoms with E-state index in [9.17, 15) is 22.8 Å². The fourth-order valence-corrected chi connectivity index (χ4v) is 3.82. The maximum atomic E-state index is 12.9. The summed E-state index contributed by atoms with van der Waals surface area (Å²) in [6, 6.07) is 0. The van der Waals surface area contributed by atoms with Crippen molar-refractivity contribution in [3.8, 4) is 0 Å². The van der Waals surface area contributed by atoms with Crippen LogP contribution in [-0.4, -0.2) is 52.1 Å². The number of nitrogens with zero attached hydrogens (tertiary/aromatic N) is 3. The highest BCUT2D eigenvalue weighted by Gasteiger charge is 2.46. The zero-order valence-electron chi connectivity index (χ0n) is 15.0. The molecule has 1 N–H and O–H groups in total. The number of allylic oxidation sites excluding steroid dienone is 1. The Labute approximate surface area is 155 Å². The van der Waals surface area contributed by atoms with Crippen LogP contribution in [0.2, 0.25) is 0 Å². The second-order valence-electron chi connectivity index (χ2n) is 7.10. The Hall–Kier alpha value is -2.32. The Balaban J connectivity index is 1.83. The molecule has 27 heavy (non-hydrogen) atoms. The van der Waals surface area contributed by atoms with Crippen molar-refractivity contribution in [1.29, 1.82) is 0 Å². The van der Waals surface area contributed by atoms with E-state index in [1.807, 2.05) is 11.4 Å². The quantitative estimate of drug-likeness (QED) is 0.867. The van der Waals surface area contributed by atoms with E-state index >= 15 is 0 Å². The predicted octanol–water partition coefficient (Wildman–Crippen LogP) is 2.38. The number of aromatic nitrogens is 2. The number of rotatable bonds is 4. The summed E-state index contributed by atoms with van der Waals surface area (Å²) in [5.41, 5.74) is -0.552. The first-order chi connectivity index (χ1) is 12.8. The van der Waals surface area contributed by atoms with E-state index < -0.39 is 24.2 Å². The van der Waals surface area contributed by atoms with Gasteiger partial charge in [-0.25, -0.2) is 4.98 Å². The van der Waals surface area contributed by atoms with Crippen LogP contribution in [0.3, 0.4) is 0 Å². The monoisotopic (exact) mass is 384 g/mol. The molecule has 1 saturated heterocycles. The Kier molecular flexibility index (Phi) is 5.57. The third-order valence-corrected chi connectivity index (χ3v) is 5.19. The molecule has 2 aliphatic rings. The molecule has 1 aliphatic heterocycles. The van der Waals surface area contributed by atoms with Crippen LogP contribution in [0.4, 0.5) is 13.2 Å². The van der Waals surface area contributed by atoms with Gasteiger partial charge in [-0.05, 0) is 38.5 Å². The van der Waals surface area contributed by atoms with E-state index in [2.05, 4.69) is 4.98 Å². The first-order valence-electron chi connectivity index (χ1n) is 9.14. The van der Waals surface area contributed by atoms with Gasteiger partial charge < -0.3 is 14.8 Å². The predicted molar refractivity (Wildman–Crippen MR) is 91.6 cm³/mol. The number of amides is 2. The zero-order valence-corrected chi connectivity index (χ0v) is 15.0. The summed E-state index contributed by atoms with van der Waals surface area (Å²) < 4.78 is 39.3. The number of piperidine rings is 1. The largest absolute Gasteiger partial charge is 0.405 e. The van der Waals surface area contributed by atoms with Crippen molar-refractivity contribution in [3.63, 3.8) is 0 Å². The average Bonchev–Trinajstić information content (AvgIpc) is 3.21. The first-order valence-corrected chi connectivity index (χ1v) is 9.14. The van der Waals surface area contributed by atoms with Gasteiger partial charge in [0.15, 0.2) is 0 Å². The molecule has 1 aromatic heterocycles. The van der Waals surface area contributed by atoms with Crippen LogP contribution in [-0.2, 0) is 15.1 Å². The molecule has 3 rings (SSSR count). The molecule has 0 aromatic carbocycles. The molecule has 1 aromatic rings. The van der Waals surface area contributed by atoms with Gasteiger partial charge in [-0.3, -0.25) is 9.59 Å². The second kappa shape index (κ2) is 7.74. The highest BCUT2D eigenvalue weighted by atomic mass is 19.4. The molecule has 6 nitrogen and oxygen atoms in total. The fourth-order valence-electron chi connectivity index (χ4n) is 3.82. The number of nitrogens with one attached hydrogen (secondary N) is 1. The van der Waals surface area contributed by atoms with E-state index in [0.29, 0.717) is 25.8 Å². The number of carbonyl (C=O) groups is 2. The SMILES string of the molecule is O=C(C1=CCCCC1)N1CCCC(C(=O)NCC(F)(F)F)(n2ccnc2)C1. The number of alkyl halides is 3. The molecular formula is C18H23F3N4O2. The van der Waals surface area contributed by atoms with Gasteiger partial charge >= 0.3 is 6.18 Å². The van der Waals surface area contributed by atoms with Crippen molar-refractivity contribution in [2.24, 2.45) is 0 Å². The molecule has 0 bridgehead atoms. The number of hydrogen-bond donors (Lipinski definition) is 1. The van der Waals surface area contributed by atoms with Crippen LogP contribution in [0.25, 0.3) is 0 Å². The smallest absolute Gasteiger partial charge is 0.345 e. The number of halogens is 3. The van der Waals surface area contributed by atoms with Gasteiger partial charge in [0.25, 0.3) is 0 Å². The van der Waals surface area contributed by atoms with Crippen molar-refractivity contribution in [3.05, 3.63) is 30.4 Å². The van der Waals surface area contributed by atoms with Crippen molar-refractivity contribution < 1.29 is 22.8 Å². The normalized spacial score (nSPS) is 23.7. The van der Waals surface area contributed by atoms with Gasteiger partial charge in [0.2, 0.25) is 11.8 Å². The lowest BCUT2D eigenvalue weighted by Crippen LogP contribution is -2.60. The minimum Gasteiger partial charge on any atom is -0.345 e. The third-order valence-electron chi connectivity index (χ3n) is 5.19. The average molecular weight is 384 g/mol. The Morgan fingerprint density at radius 2 is 2.07 bits per heavy atom. The fraction of sp³-hybridized carbons (Fsp3) is 0.611. The summed E-state index contributed by atoms with van der Waals surface area (Å²) in [6.45, 7) is -0.885. The molecule has 9 heteroatoms. The van der Waals surface area contributed by atoms with Gasteiger partial charge in [0.05, 0.1) is 12.9 Å². The topological polar surface area (TPSA) is 67.2 Å². The number of imidazole rings is 1. The van der Waals surface area contributed by atoms with Gasteiger partial charge in [0, 0.05) is 24.5 Å². The Bertz CT molecular complexity index is 715. The molecule has 2 heterocycles. The highest BCUT2D eigenvalue weighted by molar-refractivity contribution is 5.94. The maximum absolute atomic E-state index is 12.9. The van der Waals surface area contributed by atoms with Crippen LogP contribution in [0.15, 0.2) is 30.4 Å². The van der Waals surface area contributed by atoms with Gasteiger partial charge in [0.1, 0.15) is 12.1 Å². The summed E-state index contributed by atoms with van der Waals surface area (Å²) in [7, 11) is 0. The standard InChI is InChI=1S/C18H23F3N4O2/c19-18(20,21)11-23-16(27)17(25-10-8-22-13-25)7-4-9-24(12-17)15(26)14-5-2-1-3-6-14/h5,8,10,13H,1-4,6-7,9,11-12H2,(H,23,27). The Morgan fingerprint density at radius 3 is 2.70 bits per heavy atom. The molecule has 1 fully saturated rings. The number of hydrogen-bond acceptors (Lipinski definition) is 3. The van der Waals surface area contributed by atoms with E-state index in [0.717, 1.165) is 24.8 Å². The summed E-state index contributed by atoms with van der Waals surface area (Å²) in [5, 5.41) is 2.00. The van der Waals surface area contributed by atoms with Crippen LogP contribution < -0.4 is 5.32 Å². The third kappa shape index (κ3) is 4.33. The van der Waals surface area contributed by atoms with E-state index in [4.69, 9.17) is 0 Å². The van der Waals surface area contributed by atoms with Crippen LogP contribution in [0.5, 0.6) is 0 Å². The van der Waals surface area contributed by atoms with Crippen molar-refractivity contribution in [2.75, 3.05) is 19.6 Å². The van der Waals surface area contributed by atoms with Crippen molar-refractivity contribution in [2.45, 2.75) is 50.2 Å². The molecular weight excluding hydrogens is 361 g/mol. The zero-order chi connectivity index (χ0) is 19.5. The Morgan fingerprint density at radius 1 is 1.26 bits per heavy atom. The lowest BCUT2D eigenvalue weighted by Gasteiger charge is -2.42. The lowest BCUT2D eigenvalue weighted by molar-refractivity contribution is -0.148. The van der Waals surface area contributed by atoms with Crippen LogP contribution in [0, 0.1) is 0 Å². The molecule has 1 unspecified atom stereocenters. The minimum atomic E-state index is -4.50. The summed E-state index contributed by atoms with van der Waals surface area (Å²) in [4.78, 5) is 31.2. The number of likely N-dealkylation sites (tertiary alicyclic amines) is 1. The molecule has 0 saturated carbocycles.